The molecule has 0 spiro atoms. The molecule has 2 heterocycles. The fourth-order valence-corrected chi connectivity index (χ4v) is 2.42. The zero-order valence-electron chi connectivity index (χ0n) is 11.6. The van der Waals surface area contributed by atoms with Crippen LogP contribution in [0.3, 0.4) is 0 Å². The van der Waals surface area contributed by atoms with Crippen molar-refractivity contribution < 1.29 is 19.1 Å². The number of rotatable bonds is 3. The zero-order valence-corrected chi connectivity index (χ0v) is 11.6. The van der Waals surface area contributed by atoms with Crippen LogP contribution >= 0.6 is 0 Å². The molecule has 2 rings (SSSR count). The first-order chi connectivity index (χ1) is 9.61. The van der Waals surface area contributed by atoms with Crippen LogP contribution in [0.5, 0.6) is 0 Å². The molecule has 7 nitrogen and oxygen atoms in total. The maximum absolute atomic E-state index is 12.3. The van der Waals surface area contributed by atoms with Crippen molar-refractivity contribution in [3.8, 4) is 0 Å². The van der Waals surface area contributed by atoms with Crippen LogP contribution in [0.25, 0.3) is 0 Å². The summed E-state index contributed by atoms with van der Waals surface area (Å²) in [6.45, 7) is 3.09. The maximum atomic E-state index is 12.3. The molecule has 20 heavy (non-hydrogen) atoms. The number of hydrazone groups is 1. The largest absolute Gasteiger partial charge is 0.466 e. The highest BCUT2D eigenvalue weighted by Gasteiger charge is 2.31. The van der Waals surface area contributed by atoms with E-state index in [1.54, 1.807) is 11.8 Å². The second-order valence-electron chi connectivity index (χ2n) is 4.94. The Morgan fingerprint density at radius 1 is 1.45 bits per heavy atom. The Morgan fingerprint density at radius 2 is 2.25 bits per heavy atom. The maximum Gasteiger partial charge on any atom is 0.310 e. The van der Waals surface area contributed by atoms with Crippen LogP contribution in [0.1, 0.15) is 32.6 Å². The van der Waals surface area contributed by atoms with Gasteiger partial charge >= 0.3 is 5.97 Å². The number of hydrogen-bond acceptors (Lipinski definition) is 5. The van der Waals surface area contributed by atoms with Gasteiger partial charge in [0.1, 0.15) is 5.71 Å². The Balaban J connectivity index is 1.96. The summed E-state index contributed by atoms with van der Waals surface area (Å²) in [5.74, 6) is -0.876. The minimum atomic E-state index is -0.258. The van der Waals surface area contributed by atoms with Crippen LogP contribution in [-0.2, 0) is 19.1 Å². The Morgan fingerprint density at radius 3 is 2.90 bits per heavy atom. The van der Waals surface area contributed by atoms with E-state index in [1.807, 2.05) is 0 Å². The number of nitrogens with one attached hydrogen (secondary N) is 1. The Bertz CT molecular complexity index is 447. The number of amides is 2. The zero-order chi connectivity index (χ0) is 14.5. The average molecular weight is 281 g/mol. The molecule has 0 radical (unpaired) electrons. The van der Waals surface area contributed by atoms with E-state index in [0.717, 1.165) is 12.8 Å². The first-order valence-electron chi connectivity index (χ1n) is 6.93. The lowest BCUT2D eigenvalue weighted by molar-refractivity contribution is -0.150. The van der Waals surface area contributed by atoms with E-state index < -0.39 is 0 Å². The van der Waals surface area contributed by atoms with Crippen LogP contribution in [0, 0.1) is 5.92 Å². The van der Waals surface area contributed by atoms with Crippen molar-refractivity contribution in [2.45, 2.75) is 32.6 Å². The van der Waals surface area contributed by atoms with Gasteiger partial charge in [-0.15, -0.1) is 0 Å². The third-order valence-electron chi connectivity index (χ3n) is 3.48. The van der Waals surface area contributed by atoms with Crippen LogP contribution in [0.4, 0.5) is 0 Å². The van der Waals surface area contributed by atoms with Crippen molar-refractivity contribution >= 4 is 23.5 Å². The number of carbonyl (C=O) groups is 3. The summed E-state index contributed by atoms with van der Waals surface area (Å²) in [6, 6.07) is 0. The quantitative estimate of drug-likeness (QED) is 0.741. The molecular weight excluding hydrogens is 262 g/mol. The van der Waals surface area contributed by atoms with Gasteiger partial charge in [-0.25, -0.2) is 5.43 Å². The number of nitrogens with zero attached hydrogens (tertiary/aromatic N) is 2. The van der Waals surface area contributed by atoms with Gasteiger partial charge in [0, 0.05) is 25.9 Å². The van der Waals surface area contributed by atoms with Gasteiger partial charge in [0.2, 0.25) is 5.91 Å². The van der Waals surface area contributed by atoms with E-state index in [1.165, 1.54) is 0 Å². The first kappa shape index (κ1) is 14.5. The molecule has 1 atom stereocenters. The van der Waals surface area contributed by atoms with E-state index in [4.69, 9.17) is 4.74 Å². The van der Waals surface area contributed by atoms with Gasteiger partial charge in [-0.1, -0.05) is 0 Å². The van der Waals surface area contributed by atoms with Gasteiger partial charge < -0.3 is 9.64 Å². The number of hydrogen-bond donors (Lipinski definition) is 1. The summed E-state index contributed by atoms with van der Waals surface area (Å²) < 4.78 is 5.00. The predicted molar refractivity (Wildman–Crippen MR) is 70.7 cm³/mol. The van der Waals surface area contributed by atoms with Crippen LogP contribution in [0.15, 0.2) is 5.10 Å². The summed E-state index contributed by atoms with van der Waals surface area (Å²) in [7, 11) is 0. The van der Waals surface area contributed by atoms with Crippen molar-refractivity contribution in [1.29, 1.82) is 0 Å². The van der Waals surface area contributed by atoms with Crippen molar-refractivity contribution in [1.82, 2.24) is 10.3 Å². The highest BCUT2D eigenvalue weighted by Crippen LogP contribution is 2.19. The van der Waals surface area contributed by atoms with Gasteiger partial charge in [-0.05, 0) is 19.8 Å². The summed E-state index contributed by atoms with van der Waals surface area (Å²) in [6.07, 6.45) is 2.14. The second-order valence-corrected chi connectivity index (χ2v) is 4.94. The molecule has 0 bridgehead atoms. The van der Waals surface area contributed by atoms with Gasteiger partial charge in [-0.2, -0.15) is 5.10 Å². The molecule has 0 unspecified atom stereocenters. The average Bonchev–Trinajstić information content (AvgIpc) is 2.48. The third kappa shape index (κ3) is 3.34. The molecule has 0 aromatic carbocycles. The number of carbonyl (C=O) groups excluding carboxylic acids is 3. The molecule has 1 saturated heterocycles. The Kier molecular flexibility index (Phi) is 4.70. The molecule has 2 aliphatic heterocycles. The highest BCUT2D eigenvalue weighted by atomic mass is 16.5. The first-order valence-corrected chi connectivity index (χ1v) is 6.93. The van der Waals surface area contributed by atoms with E-state index in [0.29, 0.717) is 31.8 Å². The van der Waals surface area contributed by atoms with Crippen molar-refractivity contribution in [2.24, 2.45) is 11.0 Å². The molecule has 1 N–H and O–H groups in total. The molecule has 2 aliphatic rings. The normalized spacial score (nSPS) is 22.9. The van der Waals surface area contributed by atoms with Gasteiger partial charge in [-0.3, -0.25) is 14.4 Å². The number of likely N-dealkylation sites (tertiary alicyclic amines) is 1. The molecule has 110 valence electrons. The van der Waals surface area contributed by atoms with Gasteiger partial charge in [0.15, 0.2) is 0 Å². The molecule has 1 fully saturated rings. The topological polar surface area (TPSA) is 88.1 Å². The van der Waals surface area contributed by atoms with Crippen molar-refractivity contribution in [3.63, 3.8) is 0 Å². The fraction of sp³-hybridized carbons (Fsp3) is 0.692. The molecule has 2 amide bonds. The standard InChI is InChI=1S/C13H19N3O4/c1-2-20-13(19)9-4-3-7-16(8-9)12(18)10-5-6-11(17)15-14-10/h9H,2-8H2,1H3,(H,15,17)/t9-/m1/s1. The minimum absolute atomic E-state index is 0.176. The van der Waals surface area contributed by atoms with Crippen molar-refractivity contribution in [3.05, 3.63) is 0 Å². The molecular formula is C13H19N3O4. The predicted octanol–water partition coefficient (Wildman–Crippen LogP) is 0.0541. The van der Waals surface area contributed by atoms with Crippen molar-refractivity contribution in [2.75, 3.05) is 19.7 Å². The summed E-state index contributed by atoms with van der Waals surface area (Å²) in [4.78, 5) is 36.7. The summed E-state index contributed by atoms with van der Waals surface area (Å²) in [5, 5.41) is 3.80. The summed E-state index contributed by atoms with van der Waals surface area (Å²) in [5.41, 5.74) is 2.67. The summed E-state index contributed by atoms with van der Waals surface area (Å²) >= 11 is 0. The smallest absolute Gasteiger partial charge is 0.310 e. The Labute approximate surface area is 117 Å². The number of ether oxygens (including phenoxy) is 1. The molecule has 0 saturated carbocycles. The monoisotopic (exact) mass is 281 g/mol. The SMILES string of the molecule is CCOC(=O)[C@@H]1CCCN(C(=O)C2=NNC(=O)CC2)C1. The van der Waals surface area contributed by atoms with E-state index in [9.17, 15) is 14.4 Å². The molecule has 0 aliphatic carbocycles. The van der Waals surface area contributed by atoms with E-state index in [-0.39, 0.29) is 30.1 Å². The lowest BCUT2D eigenvalue weighted by Crippen LogP contribution is -2.46. The molecule has 0 aromatic rings. The number of esters is 1. The van der Waals surface area contributed by atoms with E-state index >= 15 is 0 Å². The minimum Gasteiger partial charge on any atom is -0.466 e. The lowest BCUT2D eigenvalue weighted by Gasteiger charge is -2.32. The third-order valence-corrected chi connectivity index (χ3v) is 3.48. The van der Waals surface area contributed by atoms with Gasteiger partial charge in [0.25, 0.3) is 5.91 Å². The second kappa shape index (κ2) is 6.49. The highest BCUT2D eigenvalue weighted by molar-refractivity contribution is 6.39. The molecule has 0 aromatic heterocycles. The fourth-order valence-electron chi connectivity index (χ4n) is 2.42. The van der Waals surface area contributed by atoms with Gasteiger partial charge in [0.05, 0.1) is 12.5 Å². The van der Waals surface area contributed by atoms with Crippen LogP contribution < -0.4 is 5.43 Å². The Hall–Kier alpha value is -1.92. The van der Waals surface area contributed by atoms with Crippen LogP contribution in [-0.4, -0.2) is 48.1 Å². The van der Waals surface area contributed by atoms with Crippen LogP contribution in [0.2, 0.25) is 0 Å². The van der Waals surface area contributed by atoms with E-state index in [2.05, 4.69) is 10.5 Å². The number of piperidine rings is 1. The molecule has 7 heteroatoms. The lowest BCUT2D eigenvalue weighted by atomic mass is 9.97.